The molecule has 1 N–H and O–H groups in total. The second-order valence-corrected chi connectivity index (χ2v) is 5.88. The Balaban J connectivity index is 2.22. The largest absolute Gasteiger partial charge is 0.319 e. The highest BCUT2D eigenvalue weighted by atomic mass is 32.1. The van der Waals surface area contributed by atoms with Crippen molar-refractivity contribution in [2.24, 2.45) is 0 Å². The molecule has 0 radical (unpaired) electrons. The van der Waals surface area contributed by atoms with E-state index in [2.05, 4.69) is 5.32 Å². The number of thiophene rings is 1. The SMILES string of the molecule is CCCc1cc(C(=O)Nc2ccc(F)c(F)c2F)sc1C. The molecular formula is C15H14F3NOS. The van der Waals surface area contributed by atoms with Crippen molar-refractivity contribution in [3.63, 3.8) is 0 Å². The smallest absolute Gasteiger partial charge is 0.265 e. The maximum absolute atomic E-state index is 13.5. The zero-order valence-corrected chi connectivity index (χ0v) is 12.4. The van der Waals surface area contributed by atoms with Gasteiger partial charge in [0.1, 0.15) is 0 Å². The van der Waals surface area contributed by atoms with Gasteiger partial charge in [-0.3, -0.25) is 4.79 Å². The first-order chi connectivity index (χ1) is 9.93. The normalized spacial score (nSPS) is 10.7. The number of hydrogen-bond donors (Lipinski definition) is 1. The van der Waals surface area contributed by atoms with E-state index < -0.39 is 23.4 Å². The number of halogens is 3. The summed E-state index contributed by atoms with van der Waals surface area (Å²) in [5.74, 6) is -4.81. The fraction of sp³-hybridized carbons (Fsp3) is 0.267. The van der Waals surface area contributed by atoms with E-state index in [1.165, 1.54) is 11.3 Å². The van der Waals surface area contributed by atoms with Crippen LogP contribution in [0, 0.1) is 24.4 Å². The summed E-state index contributed by atoms with van der Waals surface area (Å²) in [6, 6.07) is 3.52. The Bertz CT molecular complexity index is 682. The minimum Gasteiger partial charge on any atom is -0.319 e. The summed E-state index contributed by atoms with van der Waals surface area (Å²) in [7, 11) is 0. The lowest BCUT2D eigenvalue weighted by molar-refractivity contribution is 0.103. The minimum absolute atomic E-state index is 0.373. The zero-order valence-electron chi connectivity index (χ0n) is 11.6. The van der Waals surface area contributed by atoms with Gasteiger partial charge in [0.15, 0.2) is 17.5 Å². The van der Waals surface area contributed by atoms with Crippen molar-refractivity contribution in [1.29, 1.82) is 0 Å². The van der Waals surface area contributed by atoms with Crippen molar-refractivity contribution in [2.75, 3.05) is 5.32 Å². The number of aryl methyl sites for hydroxylation is 2. The van der Waals surface area contributed by atoms with Crippen LogP contribution in [0.1, 0.15) is 33.5 Å². The maximum Gasteiger partial charge on any atom is 0.265 e. The van der Waals surface area contributed by atoms with Crippen molar-refractivity contribution >= 4 is 22.9 Å². The number of carbonyl (C=O) groups is 1. The van der Waals surface area contributed by atoms with Gasteiger partial charge in [-0.05, 0) is 37.1 Å². The molecular weight excluding hydrogens is 299 g/mol. The van der Waals surface area contributed by atoms with Gasteiger partial charge in [0.05, 0.1) is 10.6 Å². The highest BCUT2D eigenvalue weighted by molar-refractivity contribution is 7.14. The molecule has 21 heavy (non-hydrogen) atoms. The van der Waals surface area contributed by atoms with Crippen LogP contribution in [-0.2, 0) is 6.42 Å². The van der Waals surface area contributed by atoms with Gasteiger partial charge in [-0.15, -0.1) is 11.3 Å². The Morgan fingerprint density at radius 1 is 1.24 bits per heavy atom. The van der Waals surface area contributed by atoms with Crippen LogP contribution >= 0.6 is 11.3 Å². The Morgan fingerprint density at radius 2 is 1.95 bits per heavy atom. The number of carbonyl (C=O) groups excluding carboxylic acids is 1. The summed E-state index contributed by atoms with van der Waals surface area (Å²) in [5, 5.41) is 2.27. The van der Waals surface area contributed by atoms with Crippen LogP contribution in [0.3, 0.4) is 0 Å². The first-order valence-corrected chi connectivity index (χ1v) is 7.29. The Morgan fingerprint density at radius 3 is 2.62 bits per heavy atom. The van der Waals surface area contributed by atoms with Crippen LogP contribution in [-0.4, -0.2) is 5.91 Å². The molecule has 0 atom stereocenters. The van der Waals surface area contributed by atoms with E-state index in [9.17, 15) is 18.0 Å². The van der Waals surface area contributed by atoms with E-state index in [0.717, 1.165) is 35.4 Å². The third-order valence-electron chi connectivity index (χ3n) is 3.05. The Kier molecular flexibility index (Phi) is 4.67. The summed E-state index contributed by atoms with van der Waals surface area (Å²) < 4.78 is 39.5. The van der Waals surface area contributed by atoms with E-state index >= 15 is 0 Å². The second-order valence-electron chi connectivity index (χ2n) is 4.62. The molecule has 2 nitrogen and oxygen atoms in total. The van der Waals surface area contributed by atoms with Gasteiger partial charge in [0, 0.05) is 4.88 Å². The zero-order chi connectivity index (χ0) is 15.6. The van der Waals surface area contributed by atoms with Gasteiger partial charge in [-0.1, -0.05) is 13.3 Å². The van der Waals surface area contributed by atoms with Gasteiger partial charge < -0.3 is 5.32 Å². The van der Waals surface area contributed by atoms with Gasteiger partial charge >= 0.3 is 0 Å². The molecule has 6 heteroatoms. The summed E-state index contributed by atoms with van der Waals surface area (Å²) in [5.41, 5.74) is 0.695. The number of anilines is 1. The molecule has 0 saturated heterocycles. The molecule has 0 aliphatic heterocycles. The number of nitrogens with one attached hydrogen (secondary N) is 1. The highest BCUT2D eigenvalue weighted by Crippen LogP contribution is 2.25. The monoisotopic (exact) mass is 313 g/mol. The molecule has 0 spiro atoms. The van der Waals surface area contributed by atoms with E-state index in [1.807, 2.05) is 13.8 Å². The molecule has 1 heterocycles. The van der Waals surface area contributed by atoms with Crippen molar-refractivity contribution in [1.82, 2.24) is 0 Å². The lowest BCUT2D eigenvalue weighted by Gasteiger charge is -2.05. The average Bonchev–Trinajstić information content (AvgIpc) is 2.81. The standard InChI is InChI=1S/C15H14F3NOS/c1-3-4-9-7-12(21-8(9)2)15(20)19-11-6-5-10(16)13(17)14(11)18/h5-7H,3-4H2,1-2H3,(H,19,20). The Hall–Kier alpha value is -1.82. The lowest BCUT2D eigenvalue weighted by atomic mass is 10.1. The second kappa shape index (κ2) is 6.30. The molecule has 0 aliphatic carbocycles. The van der Waals surface area contributed by atoms with Gasteiger partial charge in [0.25, 0.3) is 5.91 Å². The minimum atomic E-state index is -1.60. The molecule has 0 aliphatic rings. The van der Waals surface area contributed by atoms with Crippen LogP contribution < -0.4 is 5.32 Å². The highest BCUT2D eigenvalue weighted by Gasteiger charge is 2.17. The molecule has 0 fully saturated rings. The maximum atomic E-state index is 13.5. The lowest BCUT2D eigenvalue weighted by Crippen LogP contribution is -2.12. The molecule has 2 rings (SSSR count). The fourth-order valence-corrected chi connectivity index (χ4v) is 2.92. The average molecular weight is 313 g/mol. The fourth-order valence-electron chi connectivity index (χ4n) is 1.96. The van der Waals surface area contributed by atoms with Crippen molar-refractivity contribution < 1.29 is 18.0 Å². The predicted molar refractivity (Wildman–Crippen MR) is 77.3 cm³/mol. The molecule has 2 aromatic rings. The van der Waals surface area contributed by atoms with Crippen LogP contribution in [0.5, 0.6) is 0 Å². The number of benzene rings is 1. The predicted octanol–water partition coefficient (Wildman–Crippen LogP) is 4.68. The van der Waals surface area contributed by atoms with Gasteiger partial charge in [-0.25, -0.2) is 13.2 Å². The van der Waals surface area contributed by atoms with E-state index in [0.29, 0.717) is 4.88 Å². The van der Waals surface area contributed by atoms with E-state index in [-0.39, 0.29) is 5.69 Å². The van der Waals surface area contributed by atoms with Gasteiger partial charge in [0.2, 0.25) is 0 Å². The van der Waals surface area contributed by atoms with E-state index in [4.69, 9.17) is 0 Å². The molecule has 0 unspecified atom stereocenters. The van der Waals surface area contributed by atoms with Crippen LogP contribution in [0.25, 0.3) is 0 Å². The van der Waals surface area contributed by atoms with Crippen LogP contribution in [0.15, 0.2) is 18.2 Å². The number of hydrogen-bond acceptors (Lipinski definition) is 2. The molecule has 1 aromatic heterocycles. The molecule has 1 amide bonds. The first kappa shape index (κ1) is 15.6. The Labute approximate surface area is 124 Å². The van der Waals surface area contributed by atoms with Crippen molar-refractivity contribution in [3.05, 3.63) is 51.0 Å². The van der Waals surface area contributed by atoms with Gasteiger partial charge in [-0.2, -0.15) is 0 Å². The van der Waals surface area contributed by atoms with Crippen LogP contribution in [0.4, 0.5) is 18.9 Å². The summed E-state index contributed by atoms with van der Waals surface area (Å²) >= 11 is 1.29. The third kappa shape index (κ3) is 3.26. The quantitative estimate of drug-likeness (QED) is 0.816. The van der Waals surface area contributed by atoms with Crippen molar-refractivity contribution in [2.45, 2.75) is 26.7 Å². The number of rotatable bonds is 4. The summed E-state index contributed by atoms with van der Waals surface area (Å²) in [6.07, 6.45) is 1.81. The number of amides is 1. The summed E-state index contributed by atoms with van der Waals surface area (Å²) in [4.78, 5) is 13.5. The molecule has 112 valence electrons. The topological polar surface area (TPSA) is 29.1 Å². The molecule has 0 saturated carbocycles. The summed E-state index contributed by atoms with van der Waals surface area (Å²) in [6.45, 7) is 3.94. The third-order valence-corrected chi connectivity index (χ3v) is 4.14. The van der Waals surface area contributed by atoms with E-state index in [1.54, 1.807) is 6.07 Å². The van der Waals surface area contributed by atoms with Crippen molar-refractivity contribution in [3.8, 4) is 0 Å². The first-order valence-electron chi connectivity index (χ1n) is 6.48. The molecule has 0 bridgehead atoms. The molecule has 1 aromatic carbocycles. The van der Waals surface area contributed by atoms with Crippen LogP contribution in [0.2, 0.25) is 0 Å².